The summed E-state index contributed by atoms with van der Waals surface area (Å²) in [6.07, 6.45) is 1.75. The van der Waals surface area contributed by atoms with Crippen molar-refractivity contribution in [3.05, 3.63) is 28.8 Å². The Labute approximate surface area is 141 Å². The smallest absolute Gasteiger partial charge is 0.0912 e. The Bertz CT molecular complexity index is 648. The van der Waals surface area contributed by atoms with Crippen molar-refractivity contribution in [1.29, 1.82) is 0 Å². The molecule has 0 aliphatic carbocycles. The summed E-state index contributed by atoms with van der Waals surface area (Å²) in [7, 11) is -0.487. The van der Waals surface area contributed by atoms with Gasteiger partial charge in [-0.25, -0.2) is 8.57 Å². The SMILES string of the molecule is CNc1ccc(Cl)cc1[C@@H](N=[S@](C)(=O)C(C)(C)C)C(C)(C)C. The van der Waals surface area contributed by atoms with Gasteiger partial charge in [-0.15, -0.1) is 0 Å². The predicted octanol–water partition coefficient (Wildman–Crippen LogP) is 5.37. The monoisotopic (exact) mass is 344 g/mol. The maximum absolute atomic E-state index is 13.1. The Morgan fingerprint density at radius 1 is 1.18 bits per heavy atom. The van der Waals surface area contributed by atoms with E-state index in [0.29, 0.717) is 5.02 Å². The maximum atomic E-state index is 13.1. The number of halogens is 1. The van der Waals surface area contributed by atoms with Crippen molar-refractivity contribution < 1.29 is 4.21 Å². The molecule has 0 saturated carbocycles. The van der Waals surface area contributed by atoms with Gasteiger partial charge in [0, 0.05) is 44.1 Å². The van der Waals surface area contributed by atoms with E-state index in [1.165, 1.54) is 0 Å². The molecular formula is C17H29ClN2OS. The number of benzene rings is 1. The largest absolute Gasteiger partial charge is 0.388 e. The van der Waals surface area contributed by atoms with Crippen LogP contribution in [-0.4, -0.2) is 22.3 Å². The molecule has 126 valence electrons. The van der Waals surface area contributed by atoms with E-state index in [9.17, 15) is 4.21 Å². The van der Waals surface area contributed by atoms with Crippen LogP contribution >= 0.6 is 11.6 Å². The molecule has 0 bridgehead atoms. The van der Waals surface area contributed by atoms with Gasteiger partial charge in [0.25, 0.3) is 0 Å². The van der Waals surface area contributed by atoms with Gasteiger partial charge in [-0.05, 0) is 44.4 Å². The van der Waals surface area contributed by atoms with Crippen LogP contribution in [0.5, 0.6) is 0 Å². The van der Waals surface area contributed by atoms with Gasteiger partial charge in [0.2, 0.25) is 0 Å². The summed E-state index contributed by atoms with van der Waals surface area (Å²) in [4.78, 5) is 0. The predicted molar refractivity (Wildman–Crippen MR) is 99.4 cm³/mol. The third-order valence-electron chi connectivity index (χ3n) is 3.84. The van der Waals surface area contributed by atoms with Gasteiger partial charge in [0.15, 0.2) is 0 Å². The van der Waals surface area contributed by atoms with Gasteiger partial charge in [0.05, 0.1) is 6.04 Å². The van der Waals surface area contributed by atoms with Crippen LogP contribution in [0.2, 0.25) is 5.02 Å². The van der Waals surface area contributed by atoms with Crippen LogP contribution < -0.4 is 5.32 Å². The van der Waals surface area contributed by atoms with E-state index in [-0.39, 0.29) is 16.2 Å². The Morgan fingerprint density at radius 2 is 1.73 bits per heavy atom. The van der Waals surface area contributed by atoms with Crippen LogP contribution in [0.25, 0.3) is 0 Å². The molecule has 1 aromatic rings. The van der Waals surface area contributed by atoms with E-state index in [1.54, 1.807) is 6.26 Å². The van der Waals surface area contributed by atoms with Gasteiger partial charge < -0.3 is 5.32 Å². The first-order valence-electron chi connectivity index (χ1n) is 7.47. The fourth-order valence-corrected chi connectivity index (χ4v) is 3.36. The fraction of sp³-hybridized carbons (Fsp3) is 0.647. The van der Waals surface area contributed by atoms with E-state index in [4.69, 9.17) is 16.0 Å². The lowest BCUT2D eigenvalue weighted by Crippen LogP contribution is -2.29. The Hall–Kier alpha value is -0.740. The average Bonchev–Trinajstić information content (AvgIpc) is 2.33. The first-order chi connectivity index (χ1) is 9.79. The molecule has 1 aromatic carbocycles. The van der Waals surface area contributed by atoms with Gasteiger partial charge in [0.1, 0.15) is 0 Å². The summed E-state index contributed by atoms with van der Waals surface area (Å²) in [5.74, 6) is 0. The summed E-state index contributed by atoms with van der Waals surface area (Å²) in [5, 5.41) is 3.85. The molecule has 0 unspecified atom stereocenters. The first kappa shape index (κ1) is 19.3. The average molecular weight is 345 g/mol. The maximum Gasteiger partial charge on any atom is 0.0912 e. The number of nitrogens with one attached hydrogen (secondary N) is 1. The van der Waals surface area contributed by atoms with Crippen LogP contribution in [0.3, 0.4) is 0 Å². The van der Waals surface area contributed by atoms with E-state index in [1.807, 2.05) is 46.0 Å². The molecule has 0 aliphatic heterocycles. The second-order valence-electron chi connectivity index (χ2n) is 7.77. The summed E-state index contributed by atoms with van der Waals surface area (Å²) in [6.45, 7) is 12.2. The lowest BCUT2D eigenvalue weighted by molar-refractivity contribution is 0.331. The zero-order valence-electron chi connectivity index (χ0n) is 15.0. The quantitative estimate of drug-likeness (QED) is 0.801. The molecule has 5 heteroatoms. The second-order valence-corrected chi connectivity index (χ2v) is 11.2. The molecule has 0 saturated heterocycles. The zero-order valence-corrected chi connectivity index (χ0v) is 16.5. The second kappa shape index (κ2) is 6.40. The molecule has 0 spiro atoms. The number of hydrogen-bond acceptors (Lipinski definition) is 3. The van der Waals surface area contributed by atoms with Crippen molar-refractivity contribution in [3.63, 3.8) is 0 Å². The van der Waals surface area contributed by atoms with Crippen LogP contribution in [0.4, 0.5) is 5.69 Å². The minimum atomic E-state index is -2.36. The van der Waals surface area contributed by atoms with E-state index in [2.05, 4.69) is 26.1 Å². The van der Waals surface area contributed by atoms with Gasteiger partial charge in [-0.2, -0.15) is 0 Å². The third kappa shape index (κ3) is 4.39. The van der Waals surface area contributed by atoms with Crippen LogP contribution in [0.15, 0.2) is 22.6 Å². The summed E-state index contributed by atoms with van der Waals surface area (Å²) < 4.78 is 17.5. The molecule has 3 nitrogen and oxygen atoms in total. The van der Waals surface area contributed by atoms with Crippen LogP contribution in [0, 0.1) is 5.41 Å². The normalized spacial score (nSPS) is 16.8. The molecule has 22 heavy (non-hydrogen) atoms. The Kier molecular flexibility index (Phi) is 5.62. The zero-order chi connectivity index (χ0) is 17.3. The Balaban J connectivity index is 3.62. The van der Waals surface area contributed by atoms with Crippen molar-refractivity contribution in [3.8, 4) is 0 Å². The van der Waals surface area contributed by atoms with Crippen molar-refractivity contribution in [1.82, 2.24) is 0 Å². The molecule has 2 atom stereocenters. The van der Waals surface area contributed by atoms with E-state index < -0.39 is 9.73 Å². The van der Waals surface area contributed by atoms with Crippen molar-refractivity contribution in [2.75, 3.05) is 18.6 Å². The highest BCUT2D eigenvalue weighted by Crippen LogP contribution is 2.42. The molecule has 0 aromatic heterocycles. The molecular weight excluding hydrogens is 316 g/mol. The molecule has 0 aliphatic rings. The summed E-state index contributed by atoms with van der Waals surface area (Å²) in [6, 6.07) is 5.51. The third-order valence-corrected chi connectivity index (χ3v) is 6.96. The van der Waals surface area contributed by atoms with Crippen molar-refractivity contribution in [2.45, 2.75) is 52.3 Å². The highest BCUT2D eigenvalue weighted by Gasteiger charge is 2.32. The van der Waals surface area contributed by atoms with Crippen LogP contribution in [0.1, 0.15) is 53.1 Å². The molecule has 1 rings (SSSR count). The fourth-order valence-electron chi connectivity index (χ4n) is 2.03. The lowest BCUT2D eigenvalue weighted by atomic mass is 9.82. The minimum absolute atomic E-state index is 0.166. The summed E-state index contributed by atoms with van der Waals surface area (Å²) in [5.41, 5.74) is 1.79. The minimum Gasteiger partial charge on any atom is -0.388 e. The molecule has 0 fully saturated rings. The van der Waals surface area contributed by atoms with Gasteiger partial charge >= 0.3 is 0 Å². The number of nitrogens with zero attached hydrogens (tertiary/aromatic N) is 1. The molecule has 1 N–H and O–H groups in total. The molecule has 0 amide bonds. The van der Waals surface area contributed by atoms with Gasteiger partial charge in [-0.3, -0.25) is 0 Å². The molecule has 0 radical (unpaired) electrons. The standard InChI is InChI=1S/C17H29ClN2OS/c1-16(2,3)15(20-22(8,21)17(4,5)6)13-11-12(18)9-10-14(13)19-7/h9-11,15,19H,1-8H3/t15-,22-/m1/s1. The number of rotatable bonds is 3. The lowest BCUT2D eigenvalue weighted by Gasteiger charge is -2.32. The van der Waals surface area contributed by atoms with Gasteiger partial charge in [-0.1, -0.05) is 32.4 Å². The summed E-state index contributed by atoms with van der Waals surface area (Å²) >= 11 is 6.19. The van der Waals surface area contributed by atoms with E-state index >= 15 is 0 Å². The number of hydrogen-bond donors (Lipinski definition) is 1. The highest BCUT2D eigenvalue weighted by atomic mass is 35.5. The molecule has 0 heterocycles. The van der Waals surface area contributed by atoms with Crippen molar-refractivity contribution in [2.24, 2.45) is 9.78 Å². The van der Waals surface area contributed by atoms with Crippen LogP contribution in [-0.2, 0) is 9.73 Å². The van der Waals surface area contributed by atoms with Crippen molar-refractivity contribution >= 4 is 27.0 Å². The number of anilines is 1. The highest BCUT2D eigenvalue weighted by molar-refractivity contribution is 7.94. The topological polar surface area (TPSA) is 41.5 Å². The van der Waals surface area contributed by atoms with E-state index in [0.717, 1.165) is 11.3 Å². The Morgan fingerprint density at radius 3 is 2.14 bits per heavy atom. The first-order valence-corrected chi connectivity index (χ1v) is 9.78.